The maximum absolute atomic E-state index is 3.94. The lowest BCUT2D eigenvalue weighted by Gasteiger charge is -2.21. The predicted molar refractivity (Wildman–Crippen MR) is 50.6 cm³/mol. The Morgan fingerprint density at radius 3 is 2.45 bits per heavy atom. The molecule has 0 nitrogen and oxygen atoms in total. The molecule has 0 bridgehead atoms. The molecule has 0 unspecified atom stereocenters. The minimum Gasteiger partial charge on any atom is -0.100 e. The van der Waals surface area contributed by atoms with Gasteiger partial charge in [0.05, 0.1) is 0 Å². The van der Waals surface area contributed by atoms with Gasteiger partial charge in [0.1, 0.15) is 0 Å². The van der Waals surface area contributed by atoms with E-state index in [0.717, 1.165) is 5.92 Å². The molecule has 0 amide bonds. The lowest BCUT2D eigenvalue weighted by atomic mass is 9.85. The minimum absolute atomic E-state index is 1.03. The Morgan fingerprint density at radius 1 is 1.27 bits per heavy atom. The first-order valence-corrected chi connectivity index (χ1v) is 4.93. The molecule has 0 aliphatic heterocycles. The van der Waals surface area contributed by atoms with E-state index in [0.29, 0.717) is 0 Å². The van der Waals surface area contributed by atoms with Gasteiger partial charge in [-0.25, -0.2) is 0 Å². The molecule has 0 spiro atoms. The van der Waals surface area contributed by atoms with Crippen LogP contribution in [0.25, 0.3) is 0 Å². The van der Waals surface area contributed by atoms with Gasteiger partial charge in [0, 0.05) is 0 Å². The molecule has 0 aromatic carbocycles. The molecule has 1 saturated carbocycles. The normalized spacial score (nSPS) is 20.1. The van der Waals surface area contributed by atoms with Gasteiger partial charge >= 0.3 is 0 Å². The van der Waals surface area contributed by atoms with Crippen molar-refractivity contribution in [3.8, 4) is 0 Å². The van der Waals surface area contributed by atoms with Crippen LogP contribution in [0.15, 0.2) is 12.2 Å². The number of hydrogen-bond donors (Lipinski definition) is 0. The molecule has 1 fully saturated rings. The summed E-state index contributed by atoms with van der Waals surface area (Å²) >= 11 is 0. The average molecular weight is 152 g/mol. The summed E-state index contributed by atoms with van der Waals surface area (Å²) in [6.45, 7) is 6.08. The minimum atomic E-state index is 1.03. The molecule has 64 valence electrons. The van der Waals surface area contributed by atoms with Gasteiger partial charge in [0.2, 0.25) is 0 Å². The zero-order chi connectivity index (χ0) is 8.10. The highest BCUT2D eigenvalue weighted by atomic mass is 14.2. The molecule has 0 saturated heterocycles. The van der Waals surface area contributed by atoms with Crippen LogP contribution in [0, 0.1) is 5.92 Å². The molecule has 1 aliphatic rings. The van der Waals surface area contributed by atoms with Crippen molar-refractivity contribution in [2.45, 2.75) is 51.9 Å². The summed E-state index contributed by atoms with van der Waals surface area (Å²) in [6.07, 6.45) is 10.0. The third-order valence-corrected chi connectivity index (χ3v) is 2.70. The number of rotatable bonds is 3. The Labute approximate surface area is 70.7 Å². The van der Waals surface area contributed by atoms with Crippen molar-refractivity contribution in [1.29, 1.82) is 0 Å². The monoisotopic (exact) mass is 152 g/mol. The molecule has 0 radical (unpaired) electrons. The van der Waals surface area contributed by atoms with E-state index in [1.54, 1.807) is 0 Å². The summed E-state index contributed by atoms with van der Waals surface area (Å²) in [7, 11) is 0. The van der Waals surface area contributed by atoms with Crippen molar-refractivity contribution in [2.75, 3.05) is 0 Å². The molecule has 0 atom stereocenters. The molecular weight excluding hydrogens is 132 g/mol. The second-order valence-corrected chi connectivity index (χ2v) is 4.00. The van der Waals surface area contributed by atoms with Crippen LogP contribution < -0.4 is 0 Å². The lowest BCUT2D eigenvalue weighted by molar-refractivity contribution is 0.339. The first kappa shape index (κ1) is 8.83. The van der Waals surface area contributed by atoms with Crippen molar-refractivity contribution >= 4 is 0 Å². The fraction of sp³-hybridized carbons (Fsp3) is 0.818. The second-order valence-electron chi connectivity index (χ2n) is 4.00. The third-order valence-electron chi connectivity index (χ3n) is 2.70. The highest BCUT2D eigenvalue weighted by molar-refractivity contribution is 4.88. The Kier molecular flexibility index (Phi) is 3.68. The highest BCUT2D eigenvalue weighted by Gasteiger charge is 2.12. The van der Waals surface area contributed by atoms with Crippen LogP contribution in [0.2, 0.25) is 0 Å². The summed E-state index contributed by atoms with van der Waals surface area (Å²) in [6, 6.07) is 0. The van der Waals surface area contributed by atoms with E-state index in [-0.39, 0.29) is 0 Å². The van der Waals surface area contributed by atoms with E-state index in [4.69, 9.17) is 0 Å². The zero-order valence-corrected chi connectivity index (χ0v) is 7.73. The SMILES string of the molecule is C=C(C)CCC1CCCCC1. The van der Waals surface area contributed by atoms with Crippen molar-refractivity contribution < 1.29 is 0 Å². The summed E-state index contributed by atoms with van der Waals surface area (Å²) in [5.41, 5.74) is 1.36. The first-order chi connectivity index (χ1) is 5.29. The Balaban J connectivity index is 2.09. The summed E-state index contributed by atoms with van der Waals surface area (Å²) in [5.74, 6) is 1.03. The molecule has 1 aliphatic carbocycles. The van der Waals surface area contributed by atoms with Gasteiger partial charge in [0.25, 0.3) is 0 Å². The molecule has 0 heteroatoms. The van der Waals surface area contributed by atoms with Gasteiger partial charge in [-0.1, -0.05) is 37.7 Å². The van der Waals surface area contributed by atoms with Gasteiger partial charge < -0.3 is 0 Å². The summed E-state index contributed by atoms with van der Waals surface area (Å²) in [4.78, 5) is 0. The van der Waals surface area contributed by atoms with Crippen LogP contribution in [0.5, 0.6) is 0 Å². The van der Waals surface area contributed by atoms with Crippen LogP contribution in [-0.2, 0) is 0 Å². The van der Waals surface area contributed by atoms with Gasteiger partial charge in [-0.3, -0.25) is 0 Å². The number of allylic oxidation sites excluding steroid dienone is 1. The van der Waals surface area contributed by atoms with Crippen molar-refractivity contribution in [3.05, 3.63) is 12.2 Å². The van der Waals surface area contributed by atoms with E-state index in [9.17, 15) is 0 Å². The smallest absolute Gasteiger partial charge is 0.0323 e. The standard InChI is InChI=1S/C11H20/c1-10(2)8-9-11-6-4-3-5-7-11/h11H,1,3-9H2,2H3. The zero-order valence-electron chi connectivity index (χ0n) is 7.73. The topological polar surface area (TPSA) is 0 Å². The van der Waals surface area contributed by atoms with Crippen molar-refractivity contribution in [3.63, 3.8) is 0 Å². The van der Waals surface area contributed by atoms with Crippen LogP contribution in [-0.4, -0.2) is 0 Å². The maximum Gasteiger partial charge on any atom is -0.0323 e. The quantitative estimate of drug-likeness (QED) is 0.538. The largest absolute Gasteiger partial charge is 0.100 e. The second kappa shape index (κ2) is 4.58. The van der Waals surface area contributed by atoms with Crippen LogP contribution >= 0.6 is 0 Å². The van der Waals surface area contributed by atoms with E-state index >= 15 is 0 Å². The Morgan fingerprint density at radius 2 is 1.91 bits per heavy atom. The van der Waals surface area contributed by atoms with Crippen molar-refractivity contribution in [1.82, 2.24) is 0 Å². The predicted octanol–water partition coefficient (Wildman–Crippen LogP) is 3.92. The molecule has 1 rings (SSSR count). The van der Waals surface area contributed by atoms with Gasteiger partial charge in [-0.05, 0) is 25.7 Å². The van der Waals surface area contributed by atoms with E-state index in [2.05, 4.69) is 13.5 Å². The fourth-order valence-corrected chi connectivity index (χ4v) is 1.93. The Hall–Kier alpha value is -0.260. The molecule has 0 heterocycles. The molecular formula is C11H20. The first-order valence-electron chi connectivity index (χ1n) is 4.93. The van der Waals surface area contributed by atoms with Crippen LogP contribution in [0.1, 0.15) is 51.9 Å². The summed E-state index contributed by atoms with van der Waals surface area (Å²) in [5, 5.41) is 0. The molecule has 0 aromatic rings. The lowest BCUT2D eigenvalue weighted by Crippen LogP contribution is -2.05. The molecule has 11 heavy (non-hydrogen) atoms. The van der Waals surface area contributed by atoms with Crippen molar-refractivity contribution in [2.24, 2.45) is 5.92 Å². The molecule has 0 aromatic heterocycles. The Bertz CT molecular complexity index is 118. The van der Waals surface area contributed by atoms with Gasteiger partial charge in [0.15, 0.2) is 0 Å². The number of hydrogen-bond acceptors (Lipinski definition) is 0. The van der Waals surface area contributed by atoms with Crippen LogP contribution in [0.3, 0.4) is 0 Å². The third kappa shape index (κ3) is 3.60. The average Bonchev–Trinajstić information content (AvgIpc) is 2.03. The fourth-order valence-electron chi connectivity index (χ4n) is 1.93. The van der Waals surface area contributed by atoms with E-state index < -0.39 is 0 Å². The van der Waals surface area contributed by atoms with E-state index in [1.165, 1.54) is 50.5 Å². The highest BCUT2D eigenvalue weighted by Crippen LogP contribution is 2.27. The maximum atomic E-state index is 3.94. The van der Waals surface area contributed by atoms with Crippen LogP contribution in [0.4, 0.5) is 0 Å². The van der Waals surface area contributed by atoms with E-state index in [1.807, 2.05) is 0 Å². The molecule has 0 N–H and O–H groups in total. The van der Waals surface area contributed by atoms with Gasteiger partial charge in [-0.15, -0.1) is 6.58 Å². The van der Waals surface area contributed by atoms with Gasteiger partial charge in [-0.2, -0.15) is 0 Å². The summed E-state index contributed by atoms with van der Waals surface area (Å²) < 4.78 is 0.